The maximum atomic E-state index is 12.1. The number of nitrogens with zero attached hydrogens (tertiary/aromatic N) is 2. The van der Waals surface area contributed by atoms with Crippen LogP contribution in [0.3, 0.4) is 0 Å². The molecule has 1 aromatic rings. The van der Waals surface area contributed by atoms with Gasteiger partial charge in [-0.2, -0.15) is 13.2 Å². The first-order chi connectivity index (χ1) is 6.07. The fraction of sp³-hybridized carbons (Fsp3) is 0.500. The van der Waals surface area contributed by atoms with Crippen molar-refractivity contribution < 1.29 is 13.2 Å². The van der Waals surface area contributed by atoms with Gasteiger partial charge in [0.2, 0.25) is 5.82 Å². The molecule has 1 fully saturated rings. The number of hydrogen-bond acceptors (Lipinski definition) is 2. The normalized spacial score (nSPS) is 17.5. The molecule has 0 atom stereocenters. The van der Waals surface area contributed by atoms with Crippen molar-refractivity contribution in [2.75, 3.05) is 0 Å². The highest BCUT2D eigenvalue weighted by Crippen LogP contribution is 2.39. The van der Waals surface area contributed by atoms with E-state index >= 15 is 0 Å². The molecule has 0 spiro atoms. The highest BCUT2D eigenvalue weighted by Gasteiger charge is 2.36. The Hall–Kier alpha value is -1.13. The molecule has 1 heterocycles. The van der Waals surface area contributed by atoms with Gasteiger partial charge in [-0.25, -0.2) is 9.97 Å². The van der Waals surface area contributed by atoms with Crippen LogP contribution in [0.25, 0.3) is 0 Å². The zero-order chi connectivity index (χ0) is 9.47. The Labute approximate surface area is 72.8 Å². The van der Waals surface area contributed by atoms with Crippen molar-refractivity contribution in [1.29, 1.82) is 0 Å². The summed E-state index contributed by atoms with van der Waals surface area (Å²) in [6.45, 7) is 0. The van der Waals surface area contributed by atoms with Crippen molar-refractivity contribution in [1.82, 2.24) is 9.97 Å². The Bertz CT molecular complexity index is 317. The molecular weight excluding hydrogens is 181 g/mol. The second-order valence-corrected chi connectivity index (χ2v) is 3.02. The van der Waals surface area contributed by atoms with Crippen LogP contribution in [-0.2, 0) is 6.18 Å². The van der Waals surface area contributed by atoms with E-state index < -0.39 is 12.0 Å². The molecule has 1 saturated carbocycles. The lowest BCUT2D eigenvalue weighted by molar-refractivity contribution is -0.145. The van der Waals surface area contributed by atoms with E-state index in [2.05, 4.69) is 16.2 Å². The van der Waals surface area contributed by atoms with E-state index in [1.807, 2.05) is 0 Å². The van der Waals surface area contributed by atoms with Crippen LogP contribution < -0.4 is 0 Å². The van der Waals surface area contributed by atoms with Gasteiger partial charge in [0.15, 0.2) is 0 Å². The summed E-state index contributed by atoms with van der Waals surface area (Å²) >= 11 is 0. The highest BCUT2D eigenvalue weighted by molar-refractivity contribution is 5.14. The largest absolute Gasteiger partial charge is 0.451 e. The third-order valence-electron chi connectivity index (χ3n) is 1.87. The average molecular weight is 187 g/mol. The molecule has 13 heavy (non-hydrogen) atoms. The van der Waals surface area contributed by atoms with Crippen molar-refractivity contribution >= 4 is 0 Å². The topological polar surface area (TPSA) is 25.8 Å². The van der Waals surface area contributed by atoms with Gasteiger partial charge < -0.3 is 0 Å². The monoisotopic (exact) mass is 187 g/mol. The summed E-state index contributed by atoms with van der Waals surface area (Å²) in [5, 5.41) is 0. The zero-order valence-corrected chi connectivity index (χ0v) is 6.60. The van der Waals surface area contributed by atoms with E-state index in [0.717, 1.165) is 12.8 Å². The molecule has 1 aliphatic carbocycles. The number of halogens is 3. The molecule has 1 aliphatic rings. The number of alkyl halides is 3. The molecule has 1 aromatic heterocycles. The van der Waals surface area contributed by atoms with Crippen LogP contribution in [0.1, 0.15) is 30.3 Å². The molecule has 0 aromatic carbocycles. The van der Waals surface area contributed by atoms with Crippen molar-refractivity contribution in [2.45, 2.75) is 24.9 Å². The molecule has 0 aliphatic heterocycles. The quantitative estimate of drug-likeness (QED) is 0.673. The lowest BCUT2D eigenvalue weighted by Gasteiger charge is -2.04. The predicted molar refractivity (Wildman–Crippen MR) is 37.8 cm³/mol. The van der Waals surface area contributed by atoms with E-state index in [0.29, 0.717) is 5.69 Å². The Morgan fingerprint density at radius 2 is 2.08 bits per heavy atom. The maximum absolute atomic E-state index is 12.1. The molecule has 1 radical (unpaired) electrons. The summed E-state index contributed by atoms with van der Waals surface area (Å²) in [5.41, 5.74) is 0.460. The third-order valence-corrected chi connectivity index (χ3v) is 1.87. The first kappa shape index (κ1) is 8.47. The first-order valence-electron chi connectivity index (χ1n) is 3.89. The van der Waals surface area contributed by atoms with Gasteiger partial charge in [-0.1, -0.05) is 0 Å². The summed E-state index contributed by atoms with van der Waals surface area (Å²) in [6, 6.07) is 1.42. The van der Waals surface area contributed by atoms with E-state index in [4.69, 9.17) is 0 Å². The van der Waals surface area contributed by atoms with Crippen molar-refractivity contribution in [3.8, 4) is 0 Å². The molecule has 69 valence electrons. The van der Waals surface area contributed by atoms with E-state index in [1.54, 1.807) is 0 Å². The second-order valence-electron chi connectivity index (χ2n) is 3.02. The van der Waals surface area contributed by atoms with Crippen LogP contribution in [-0.4, -0.2) is 9.97 Å². The van der Waals surface area contributed by atoms with Crippen LogP contribution >= 0.6 is 0 Å². The van der Waals surface area contributed by atoms with Crippen molar-refractivity contribution in [2.24, 2.45) is 0 Å². The van der Waals surface area contributed by atoms with Gasteiger partial charge in [-0.15, -0.1) is 0 Å². The molecule has 0 amide bonds. The highest BCUT2D eigenvalue weighted by atomic mass is 19.4. The van der Waals surface area contributed by atoms with Crippen molar-refractivity contribution in [3.63, 3.8) is 0 Å². The van der Waals surface area contributed by atoms with E-state index in [-0.39, 0.29) is 5.92 Å². The fourth-order valence-electron chi connectivity index (χ4n) is 1.05. The molecule has 5 heteroatoms. The molecule has 0 unspecified atom stereocenters. The number of rotatable bonds is 1. The minimum Gasteiger partial charge on any atom is -0.229 e. The molecule has 0 bridgehead atoms. The van der Waals surface area contributed by atoms with E-state index in [1.165, 1.54) is 6.07 Å². The van der Waals surface area contributed by atoms with Gasteiger partial charge >= 0.3 is 6.18 Å². The lowest BCUT2D eigenvalue weighted by Crippen LogP contribution is -2.11. The van der Waals surface area contributed by atoms with Crippen LogP contribution in [0, 0.1) is 6.20 Å². The van der Waals surface area contributed by atoms with Gasteiger partial charge in [0.05, 0.1) is 6.20 Å². The van der Waals surface area contributed by atoms with Crippen LogP contribution in [0.15, 0.2) is 6.07 Å². The molecule has 0 saturated heterocycles. The molecular formula is C8H6F3N2. The summed E-state index contributed by atoms with van der Waals surface area (Å²) in [6.07, 6.45) is -0.394. The zero-order valence-electron chi connectivity index (χ0n) is 6.60. The Balaban J connectivity index is 2.32. The summed E-state index contributed by atoms with van der Waals surface area (Å²) < 4.78 is 36.3. The average Bonchev–Trinajstić information content (AvgIpc) is 2.85. The maximum Gasteiger partial charge on any atom is 0.451 e. The van der Waals surface area contributed by atoms with Crippen LogP contribution in [0.5, 0.6) is 0 Å². The van der Waals surface area contributed by atoms with Gasteiger partial charge in [0.1, 0.15) is 0 Å². The van der Waals surface area contributed by atoms with Crippen LogP contribution in [0.2, 0.25) is 0 Å². The second kappa shape index (κ2) is 2.68. The Morgan fingerprint density at radius 3 is 2.62 bits per heavy atom. The summed E-state index contributed by atoms with van der Waals surface area (Å²) in [7, 11) is 0. The Kier molecular flexibility index (Phi) is 1.75. The minimum atomic E-state index is -4.46. The fourth-order valence-corrected chi connectivity index (χ4v) is 1.05. The first-order valence-corrected chi connectivity index (χ1v) is 3.89. The van der Waals surface area contributed by atoms with Crippen LogP contribution in [0.4, 0.5) is 13.2 Å². The van der Waals surface area contributed by atoms with Gasteiger partial charge in [0, 0.05) is 11.6 Å². The number of aromatic nitrogens is 2. The standard InChI is InChI=1S/C8H6F3N2/c9-8(10,11)7-12-4-3-6(13-7)5-1-2-5/h3,5H,1-2H2. The van der Waals surface area contributed by atoms with Gasteiger partial charge in [0.25, 0.3) is 0 Å². The smallest absolute Gasteiger partial charge is 0.229 e. The molecule has 2 nitrogen and oxygen atoms in total. The third kappa shape index (κ3) is 1.79. The SMILES string of the molecule is FC(F)(F)c1n[c]cc(C2CC2)n1. The predicted octanol–water partition coefficient (Wildman–Crippen LogP) is 2.17. The minimum absolute atomic E-state index is 0.195. The number of hydrogen-bond donors (Lipinski definition) is 0. The molecule has 2 rings (SSSR count). The van der Waals surface area contributed by atoms with Gasteiger partial charge in [-0.3, -0.25) is 0 Å². The lowest BCUT2D eigenvalue weighted by atomic mass is 10.3. The Morgan fingerprint density at radius 1 is 1.38 bits per heavy atom. The summed E-state index contributed by atoms with van der Waals surface area (Å²) in [4.78, 5) is 6.50. The summed E-state index contributed by atoms with van der Waals surface area (Å²) in [5.74, 6) is -0.891. The molecule has 0 N–H and O–H groups in total. The van der Waals surface area contributed by atoms with Gasteiger partial charge in [-0.05, 0) is 18.9 Å². The van der Waals surface area contributed by atoms with E-state index in [9.17, 15) is 13.2 Å². The van der Waals surface area contributed by atoms with Crippen molar-refractivity contribution in [3.05, 3.63) is 23.8 Å².